The number of nitrogens with zero attached hydrogens (tertiary/aromatic N) is 1. The monoisotopic (exact) mass is 319 g/mol. The average molecular weight is 319 g/mol. The Morgan fingerprint density at radius 2 is 1.87 bits per heavy atom. The van der Waals surface area contributed by atoms with Crippen LogP contribution in [0.5, 0.6) is 0 Å². The number of fused-ring (bicyclic) bond motifs is 2. The highest BCUT2D eigenvalue weighted by Crippen LogP contribution is 2.60. The van der Waals surface area contributed by atoms with Crippen molar-refractivity contribution in [3.63, 3.8) is 0 Å². The summed E-state index contributed by atoms with van der Waals surface area (Å²) in [7, 11) is 0. The first kappa shape index (κ1) is 16.1. The van der Waals surface area contributed by atoms with Gasteiger partial charge < -0.3 is 5.11 Å². The van der Waals surface area contributed by atoms with Crippen molar-refractivity contribution in [3.05, 3.63) is 35.6 Å². The Labute approximate surface area is 135 Å². The number of piperidine rings is 1. The number of imide groups is 1. The van der Waals surface area contributed by atoms with Gasteiger partial charge in [0.25, 0.3) is 0 Å². The van der Waals surface area contributed by atoms with Crippen LogP contribution < -0.4 is 0 Å². The summed E-state index contributed by atoms with van der Waals surface area (Å²) in [6.07, 6.45) is 0.392. The van der Waals surface area contributed by atoms with E-state index >= 15 is 0 Å². The molecule has 1 heterocycles. The molecule has 23 heavy (non-hydrogen) atoms. The number of likely N-dealkylation sites (tertiary alicyclic amines) is 1. The normalized spacial score (nSPS) is 30.7. The first-order valence-electron chi connectivity index (χ1n) is 7.98. The van der Waals surface area contributed by atoms with Crippen LogP contribution in [0, 0.1) is 22.6 Å². The van der Waals surface area contributed by atoms with Crippen LogP contribution in [0.15, 0.2) is 24.3 Å². The van der Waals surface area contributed by atoms with Crippen LogP contribution in [0.3, 0.4) is 0 Å². The van der Waals surface area contributed by atoms with Crippen molar-refractivity contribution < 1.29 is 19.1 Å². The van der Waals surface area contributed by atoms with Crippen LogP contribution in [0.1, 0.15) is 45.3 Å². The molecule has 4 nitrogen and oxygen atoms in total. The van der Waals surface area contributed by atoms with E-state index < -0.39 is 17.3 Å². The highest BCUT2D eigenvalue weighted by molar-refractivity contribution is 6.03. The fourth-order valence-electron chi connectivity index (χ4n) is 4.04. The molecule has 0 aromatic heterocycles. The van der Waals surface area contributed by atoms with Gasteiger partial charge >= 0.3 is 0 Å². The third-order valence-electron chi connectivity index (χ3n) is 6.12. The number of amides is 2. The molecule has 2 bridgehead atoms. The lowest BCUT2D eigenvalue weighted by molar-refractivity contribution is -0.169. The lowest BCUT2D eigenvalue weighted by atomic mass is 9.62. The smallest absolute Gasteiger partial charge is 0.235 e. The second kappa shape index (κ2) is 5.13. The highest BCUT2D eigenvalue weighted by atomic mass is 19.1. The van der Waals surface area contributed by atoms with Crippen LogP contribution >= 0.6 is 0 Å². The fourth-order valence-corrected chi connectivity index (χ4v) is 4.04. The number of hydrogen-bond acceptors (Lipinski definition) is 3. The Morgan fingerprint density at radius 3 is 2.48 bits per heavy atom. The first-order chi connectivity index (χ1) is 10.7. The lowest BCUT2D eigenvalue weighted by Crippen LogP contribution is -2.59. The van der Waals surface area contributed by atoms with Gasteiger partial charge in [0.1, 0.15) is 5.82 Å². The SMILES string of the molecule is CC12CCC(C(=O)N(CC(O)c3ccc(F)cc3)C1=O)C2(C)C. The van der Waals surface area contributed by atoms with E-state index in [2.05, 4.69) is 0 Å². The topological polar surface area (TPSA) is 57.6 Å². The molecule has 1 aromatic carbocycles. The van der Waals surface area contributed by atoms with Crippen molar-refractivity contribution in [2.24, 2.45) is 16.7 Å². The molecule has 2 aliphatic rings. The molecule has 5 heteroatoms. The zero-order valence-electron chi connectivity index (χ0n) is 13.7. The van der Waals surface area contributed by atoms with E-state index in [1.165, 1.54) is 29.2 Å². The van der Waals surface area contributed by atoms with Crippen LogP contribution in [-0.4, -0.2) is 28.4 Å². The zero-order valence-corrected chi connectivity index (χ0v) is 13.7. The van der Waals surface area contributed by atoms with Crippen molar-refractivity contribution in [3.8, 4) is 0 Å². The summed E-state index contributed by atoms with van der Waals surface area (Å²) in [6, 6.07) is 5.46. The number of aliphatic hydroxyl groups is 1. The molecule has 3 unspecified atom stereocenters. The number of carbonyl (C=O) groups excluding carboxylic acids is 2. The second-order valence-electron chi connectivity index (χ2n) is 7.47. The lowest BCUT2D eigenvalue weighted by Gasteiger charge is -2.48. The quantitative estimate of drug-likeness (QED) is 0.872. The molecule has 2 amide bonds. The van der Waals surface area contributed by atoms with Crippen molar-refractivity contribution in [2.75, 3.05) is 6.54 Å². The summed E-state index contributed by atoms with van der Waals surface area (Å²) in [6.45, 7) is 5.80. The van der Waals surface area contributed by atoms with Crippen molar-refractivity contribution in [1.82, 2.24) is 4.90 Å². The Morgan fingerprint density at radius 1 is 1.26 bits per heavy atom. The molecule has 0 radical (unpaired) electrons. The van der Waals surface area contributed by atoms with Gasteiger partial charge in [-0.1, -0.05) is 32.9 Å². The first-order valence-corrected chi connectivity index (χ1v) is 7.98. The number of rotatable bonds is 3. The fraction of sp³-hybridized carbons (Fsp3) is 0.556. The Hall–Kier alpha value is -1.75. The summed E-state index contributed by atoms with van der Waals surface area (Å²) in [5.41, 5.74) is -0.443. The number of hydrogen-bond donors (Lipinski definition) is 1. The van der Waals surface area contributed by atoms with E-state index in [0.717, 1.165) is 0 Å². The third-order valence-corrected chi connectivity index (χ3v) is 6.12. The molecule has 1 aromatic rings. The van der Waals surface area contributed by atoms with Gasteiger partial charge in [0.2, 0.25) is 11.8 Å². The molecule has 1 saturated carbocycles. The molecule has 3 atom stereocenters. The Balaban J connectivity index is 1.85. The molecule has 0 spiro atoms. The van der Waals surface area contributed by atoms with E-state index in [1.807, 2.05) is 20.8 Å². The maximum absolute atomic E-state index is 13.0. The largest absolute Gasteiger partial charge is 0.387 e. The summed E-state index contributed by atoms with van der Waals surface area (Å²) in [5, 5.41) is 10.3. The molecule has 3 rings (SSSR count). The predicted octanol–water partition coefficient (Wildman–Crippen LogP) is 2.67. The minimum atomic E-state index is -1.01. The van der Waals surface area contributed by atoms with Crippen LogP contribution in [0.4, 0.5) is 4.39 Å². The minimum Gasteiger partial charge on any atom is -0.387 e. The van der Waals surface area contributed by atoms with Crippen molar-refractivity contribution in [2.45, 2.75) is 39.7 Å². The summed E-state index contributed by atoms with van der Waals surface area (Å²) in [5.74, 6) is -0.984. The number of benzene rings is 1. The van der Waals surface area contributed by atoms with Crippen LogP contribution in [0.2, 0.25) is 0 Å². The van der Waals surface area contributed by atoms with Gasteiger partial charge in [0.05, 0.1) is 18.1 Å². The van der Waals surface area contributed by atoms with E-state index in [9.17, 15) is 19.1 Å². The summed E-state index contributed by atoms with van der Waals surface area (Å²) < 4.78 is 13.0. The van der Waals surface area contributed by atoms with Gasteiger partial charge in [-0.15, -0.1) is 0 Å². The van der Waals surface area contributed by atoms with E-state index in [-0.39, 0.29) is 29.7 Å². The van der Waals surface area contributed by atoms with E-state index in [4.69, 9.17) is 0 Å². The average Bonchev–Trinajstić information content (AvgIpc) is 2.69. The van der Waals surface area contributed by atoms with Gasteiger partial charge in [-0.3, -0.25) is 14.5 Å². The van der Waals surface area contributed by atoms with Gasteiger partial charge in [-0.05, 0) is 36.0 Å². The Bertz CT molecular complexity index is 655. The molecule has 1 saturated heterocycles. The van der Waals surface area contributed by atoms with Crippen LogP contribution in [0.25, 0.3) is 0 Å². The highest BCUT2D eigenvalue weighted by Gasteiger charge is 2.64. The second-order valence-corrected chi connectivity index (χ2v) is 7.47. The zero-order chi connectivity index (χ0) is 17.0. The maximum Gasteiger partial charge on any atom is 0.235 e. The van der Waals surface area contributed by atoms with Crippen molar-refractivity contribution >= 4 is 11.8 Å². The van der Waals surface area contributed by atoms with Gasteiger partial charge in [-0.2, -0.15) is 0 Å². The molecular weight excluding hydrogens is 297 g/mol. The third kappa shape index (κ3) is 2.21. The standard InChI is InChI=1S/C18H22FNO3/c1-17(2)13-8-9-18(17,3)16(23)20(15(13)22)10-14(21)11-4-6-12(19)7-5-11/h4-7,13-14,21H,8-10H2,1-3H3. The molecular formula is C18H22FNO3. The number of halogens is 1. The Kier molecular flexibility index (Phi) is 3.59. The number of carbonyl (C=O) groups is 2. The molecule has 2 fully saturated rings. The van der Waals surface area contributed by atoms with Gasteiger partial charge in [-0.25, -0.2) is 4.39 Å². The molecule has 1 N–H and O–H groups in total. The molecule has 1 aliphatic carbocycles. The summed E-state index contributed by atoms with van der Waals surface area (Å²) in [4.78, 5) is 26.8. The number of β-amino-alcohol motifs (C(OH)–C–C–N with tert-alkyl or cyclic N) is 1. The number of aliphatic hydroxyl groups excluding tert-OH is 1. The van der Waals surface area contributed by atoms with Gasteiger partial charge in [0.15, 0.2) is 0 Å². The van der Waals surface area contributed by atoms with Crippen LogP contribution in [-0.2, 0) is 9.59 Å². The molecule has 1 aliphatic heterocycles. The van der Waals surface area contributed by atoms with Gasteiger partial charge in [0, 0.05) is 5.92 Å². The predicted molar refractivity (Wildman–Crippen MR) is 82.7 cm³/mol. The summed E-state index contributed by atoms with van der Waals surface area (Å²) >= 11 is 0. The van der Waals surface area contributed by atoms with E-state index in [0.29, 0.717) is 18.4 Å². The minimum absolute atomic E-state index is 0.0779. The maximum atomic E-state index is 13.0. The molecule has 124 valence electrons. The van der Waals surface area contributed by atoms with E-state index in [1.54, 1.807) is 0 Å². The van der Waals surface area contributed by atoms with Crippen molar-refractivity contribution in [1.29, 1.82) is 0 Å².